The van der Waals surface area contributed by atoms with E-state index in [1.54, 1.807) is 13.0 Å². The molecule has 1 heterocycles. The summed E-state index contributed by atoms with van der Waals surface area (Å²) in [6.07, 6.45) is 3.52. The molecule has 92 valence electrons. The minimum absolute atomic E-state index is 0.113. The summed E-state index contributed by atoms with van der Waals surface area (Å²) in [5.74, 6) is -0.925. The molecule has 0 aliphatic carbocycles. The molecule has 0 fully saturated rings. The second kappa shape index (κ2) is 4.84. The number of aliphatic carboxylic acids is 1. The third-order valence-corrected chi connectivity index (χ3v) is 2.84. The van der Waals surface area contributed by atoms with Crippen LogP contribution in [0.3, 0.4) is 0 Å². The monoisotopic (exact) mass is 251 g/mol. The fraction of sp³-hybridized carbons (Fsp3) is 0.385. The van der Waals surface area contributed by atoms with Crippen molar-refractivity contribution in [2.75, 3.05) is 0 Å². The number of carbonyl (C=O) groups is 1. The van der Waals surface area contributed by atoms with Crippen molar-refractivity contribution in [1.29, 1.82) is 0 Å². The van der Waals surface area contributed by atoms with Crippen LogP contribution in [0.2, 0.25) is 0 Å². The average Bonchev–Trinajstić information content (AvgIpc) is 2.19. The number of aromatic nitrogens is 1. The van der Waals surface area contributed by atoms with E-state index in [9.17, 15) is 4.79 Å². The van der Waals surface area contributed by atoms with E-state index >= 15 is 0 Å². The summed E-state index contributed by atoms with van der Waals surface area (Å²) in [7, 11) is 0. The van der Waals surface area contributed by atoms with Crippen molar-refractivity contribution in [3.8, 4) is 0 Å². The van der Waals surface area contributed by atoms with Gasteiger partial charge in [-0.2, -0.15) is 0 Å². The molecule has 0 radical (unpaired) electrons. The van der Waals surface area contributed by atoms with Gasteiger partial charge in [0.2, 0.25) is 0 Å². The van der Waals surface area contributed by atoms with Gasteiger partial charge >= 0.3 is 5.97 Å². The number of carboxylic acid groups (broad SMARTS) is 1. The Kier molecular flexibility index (Phi) is 3.88. The third-order valence-electron chi connectivity index (χ3n) is 2.41. The van der Waals surface area contributed by atoms with Gasteiger partial charge in [0.05, 0.1) is 0 Å². The first-order chi connectivity index (χ1) is 7.73. The second-order valence-corrected chi connectivity index (χ2v) is 5.33. The van der Waals surface area contributed by atoms with Gasteiger partial charge in [0.15, 0.2) is 0 Å². The van der Waals surface area contributed by atoms with Gasteiger partial charge in [-0.25, -0.2) is 4.79 Å². The minimum Gasteiger partial charge on any atom is -0.478 e. The fourth-order valence-electron chi connectivity index (χ4n) is 1.44. The van der Waals surface area contributed by atoms with Gasteiger partial charge in [-0.05, 0) is 39.8 Å². The van der Waals surface area contributed by atoms with E-state index < -0.39 is 5.97 Å². The Balaban J connectivity index is 3.36. The summed E-state index contributed by atoms with van der Waals surface area (Å²) in [6.45, 7) is 7.73. The maximum atomic E-state index is 10.8. The smallest absolute Gasteiger partial charge is 0.331 e. The van der Waals surface area contributed by atoms with Gasteiger partial charge < -0.3 is 9.67 Å². The first-order valence-electron chi connectivity index (χ1n) is 5.37. The van der Waals surface area contributed by atoms with E-state index in [0.717, 1.165) is 5.56 Å². The molecule has 1 N–H and O–H groups in total. The van der Waals surface area contributed by atoms with Crippen molar-refractivity contribution >= 4 is 24.3 Å². The SMILES string of the molecule is CC(=Cc1cccn(C(C)(C)C)c1=S)C(=O)O. The average molecular weight is 251 g/mol. The molecule has 4 heteroatoms. The van der Waals surface area contributed by atoms with Gasteiger partial charge in [0, 0.05) is 22.9 Å². The van der Waals surface area contributed by atoms with E-state index in [1.807, 2.05) is 22.9 Å². The molecule has 17 heavy (non-hydrogen) atoms. The van der Waals surface area contributed by atoms with Crippen molar-refractivity contribution < 1.29 is 9.90 Å². The molecule has 0 saturated heterocycles. The quantitative estimate of drug-likeness (QED) is 0.646. The molecule has 0 aliphatic heterocycles. The largest absolute Gasteiger partial charge is 0.478 e. The number of rotatable bonds is 2. The molecule has 1 aromatic rings. The second-order valence-electron chi connectivity index (χ2n) is 4.94. The fourth-order valence-corrected chi connectivity index (χ4v) is 1.91. The summed E-state index contributed by atoms with van der Waals surface area (Å²) in [6, 6.07) is 3.71. The Morgan fingerprint density at radius 3 is 2.53 bits per heavy atom. The van der Waals surface area contributed by atoms with Gasteiger partial charge in [-0.15, -0.1) is 0 Å². The first kappa shape index (κ1) is 13.6. The summed E-state index contributed by atoms with van der Waals surface area (Å²) >= 11 is 5.37. The molecular weight excluding hydrogens is 234 g/mol. The Morgan fingerprint density at radius 2 is 2.06 bits per heavy atom. The number of pyridine rings is 1. The molecule has 0 spiro atoms. The van der Waals surface area contributed by atoms with Gasteiger partial charge in [0.25, 0.3) is 0 Å². The Bertz CT molecular complexity index is 521. The molecule has 0 saturated carbocycles. The minimum atomic E-state index is -0.925. The van der Waals surface area contributed by atoms with Crippen LogP contribution in [-0.2, 0) is 10.3 Å². The lowest BCUT2D eigenvalue weighted by Gasteiger charge is -2.24. The van der Waals surface area contributed by atoms with Crippen LogP contribution in [0.15, 0.2) is 23.9 Å². The standard InChI is InChI=1S/C13H17NO2S/c1-9(12(15)16)8-10-6-5-7-14(11(10)17)13(2,3)4/h5-8H,1-4H3,(H,15,16). The Hall–Kier alpha value is -1.42. The normalized spacial score (nSPS) is 12.6. The van der Waals surface area contributed by atoms with Crippen molar-refractivity contribution in [2.45, 2.75) is 33.2 Å². The van der Waals surface area contributed by atoms with Crippen LogP contribution in [0.25, 0.3) is 6.08 Å². The number of hydrogen-bond acceptors (Lipinski definition) is 2. The number of nitrogens with zero attached hydrogens (tertiary/aromatic N) is 1. The van der Waals surface area contributed by atoms with Crippen LogP contribution >= 0.6 is 12.2 Å². The van der Waals surface area contributed by atoms with Crippen LogP contribution in [-0.4, -0.2) is 15.6 Å². The molecule has 0 amide bonds. The maximum Gasteiger partial charge on any atom is 0.331 e. The van der Waals surface area contributed by atoms with E-state index in [4.69, 9.17) is 17.3 Å². The van der Waals surface area contributed by atoms with Crippen LogP contribution in [0.4, 0.5) is 0 Å². The Morgan fingerprint density at radius 1 is 1.47 bits per heavy atom. The van der Waals surface area contributed by atoms with Gasteiger partial charge in [-0.3, -0.25) is 0 Å². The highest BCUT2D eigenvalue weighted by Crippen LogP contribution is 2.18. The molecule has 3 nitrogen and oxygen atoms in total. The van der Waals surface area contributed by atoms with Crippen LogP contribution < -0.4 is 0 Å². The molecule has 0 aliphatic rings. The molecule has 1 aromatic heterocycles. The highest BCUT2D eigenvalue weighted by atomic mass is 32.1. The zero-order valence-electron chi connectivity index (χ0n) is 10.5. The predicted octanol–water partition coefficient (Wildman–Crippen LogP) is 3.46. The highest BCUT2D eigenvalue weighted by molar-refractivity contribution is 7.71. The van der Waals surface area contributed by atoms with Crippen molar-refractivity contribution in [3.05, 3.63) is 34.1 Å². The van der Waals surface area contributed by atoms with Crippen LogP contribution in [0.5, 0.6) is 0 Å². The summed E-state index contributed by atoms with van der Waals surface area (Å²) in [5, 5.41) is 8.85. The van der Waals surface area contributed by atoms with Crippen LogP contribution in [0.1, 0.15) is 33.3 Å². The lowest BCUT2D eigenvalue weighted by Crippen LogP contribution is -2.22. The van der Waals surface area contributed by atoms with Crippen molar-refractivity contribution in [1.82, 2.24) is 4.57 Å². The highest BCUT2D eigenvalue weighted by Gasteiger charge is 2.13. The van der Waals surface area contributed by atoms with E-state index in [0.29, 0.717) is 4.64 Å². The maximum absolute atomic E-state index is 10.8. The van der Waals surface area contributed by atoms with Crippen molar-refractivity contribution in [2.24, 2.45) is 0 Å². The number of carboxylic acids is 1. The molecule has 0 atom stereocenters. The van der Waals surface area contributed by atoms with Crippen LogP contribution in [0, 0.1) is 4.64 Å². The first-order valence-corrected chi connectivity index (χ1v) is 5.78. The predicted molar refractivity (Wildman–Crippen MR) is 71.5 cm³/mol. The topological polar surface area (TPSA) is 42.2 Å². The van der Waals surface area contributed by atoms with Gasteiger partial charge in [0.1, 0.15) is 4.64 Å². The lowest BCUT2D eigenvalue weighted by atomic mass is 10.1. The van der Waals surface area contributed by atoms with E-state index in [-0.39, 0.29) is 11.1 Å². The zero-order chi connectivity index (χ0) is 13.2. The summed E-state index contributed by atoms with van der Waals surface area (Å²) in [5.41, 5.74) is 0.929. The third kappa shape index (κ3) is 3.27. The van der Waals surface area contributed by atoms with Crippen molar-refractivity contribution in [3.63, 3.8) is 0 Å². The molecular formula is C13H17NO2S. The summed E-state index contributed by atoms with van der Waals surface area (Å²) < 4.78 is 2.61. The molecule has 0 bridgehead atoms. The summed E-state index contributed by atoms with van der Waals surface area (Å²) in [4.78, 5) is 10.8. The van der Waals surface area contributed by atoms with E-state index in [2.05, 4.69) is 20.8 Å². The van der Waals surface area contributed by atoms with E-state index in [1.165, 1.54) is 0 Å². The molecule has 0 aromatic carbocycles. The lowest BCUT2D eigenvalue weighted by molar-refractivity contribution is -0.132. The Labute approximate surface area is 106 Å². The zero-order valence-corrected chi connectivity index (χ0v) is 11.3. The molecule has 1 rings (SSSR count). The van der Waals surface area contributed by atoms with Gasteiger partial charge in [-0.1, -0.05) is 18.3 Å². The number of hydrogen-bond donors (Lipinski definition) is 1. The molecule has 0 unspecified atom stereocenters.